The Morgan fingerprint density at radius 3 is 2.00 bits per heavy atom. The van der Waals surface area contributed by atoms with Crippen LogP contribution in [0.15, 0.2) is 72.3 Å². The second kappa shape index (κ2) is 11.7. The molecule has 0 heterocycles. The van der Waals surface area contributed by atoms with Gasteiger partial charge in [0.05, 0.1) is 0 Å². The molecule has 0 aliphatic heterocycles. The van der Waals surface area contributed by atoms with Gasteiger partial charge < -0.3 is 5.11 Å². The van der Waals surface area contributed by atoms with Crippen molar-refractivity contribution in [1.29, 1.82) is 0 Å². The Labute approximate surface area is 159 Å². The van der Waals surface area contributed by atoms with E-state index in [1.807, 2.05) is 0 Å². The van der Waals surface area contributed by atoms with Gasteiger partial charge >= 0.3 is 0 Å². The van der Waals surface area contributed by atoms with Crippen LogP contribution < -0.4 is 0 Å². The lowest BCUT2D eigenvalue weighted by Gasteiger charge is -2.24. The van der Waals surface area contributed by atoms with Crippen molar-refractivity contribution in [3.8, 4) is 0 Å². The van der Waals surface area contributed by atoms with E-state index < -0.39 is 0 Å². The third kappa shape index (κ3) is 6.80. The Hall–Kier alpha value is -1.86. The van der Waals surface area contributed by atoms with Gasteiger partial charge in [-0.3, -0.25) is 0 Å². The zero-order valence-corrected chi connectivity index (χ0v) is 16.4. The summed E-state index contributed by atoms with van der Waals surface area (Å²) in [6, 6.07) is 21.9. The first-order valence-corrected chi connectivity index (χ1v) is 10.1. The molecule has 2 atom stereocenters. The van der Waals surface area contributed by atoms with Crippen LogP contribution in [0.25, 0.3) is 0 Å². The summed E-state index contributed by atoms with van der Waals surface area (Å²) in [6.45, 7) is 4.76. The Morgan fingerprint density at radius 2 is 1.46 bits per heavy atom. The highest BCUT2D eigenvalue weighted by atomic mass is 16.2. The van der Waals surface area contributed by atoms with Gasteiger partial charge in [0.1, 0.15) is 0 Å². The summed E-state index contributed by atoms with van der Waals surface area (Å²) in [5.41, 5.74) is 4.35. The lowest BCUT2D eigenvalue weighted by Crippen LogP contribution is -2.07. The van der Waals surface area contributed by atoms with Gasteiger partial charge in [0.2, 0.25) is 0 Å². The van der Waals surface area contributed by atoms with Gasteiger partial charge in [0, 0.05) is 6.61 Å². The van der Waals surface area contributed by atoms with Crippen molar-refractivity contribution in [3.05, 3.63) is 83.4 Å². The maximum Gasteiger partial charge on any atom is 0.0431 e. The van der Waals surface area contributed by atoms with Crippen molar-refractivity contribution in [3.63, 3.8) is 0 Å². The smallest absolute Gasteiger partial charge is 0.0431 e. The molecule has 0 amide bonds. The average Bonchev–Trinajstić information content (AvgIpc) is 2.71. The van der Waals surface area contributed by atoms with E-state index >= 15 is 0 Å². The maximum absolute atomic E-state index is 9.17. The molecular weight excluding hydrogens is 316 g/mol. The number of hydrogen-bond acceptors (Lipinski definition) is 1. The number of aliphatic hydroxyl groups is 1. The summed E-state index contributed by atoms with van der Waals surface area (Å²) < 4.78 is 0. The van der Waals surface area contributed by atoms with Gasteiger partial charge in [0.25, 0.3) is 0 Å². The minimum Gasteiger partial charge on any atom is -0.396 e. The Morgan fingerprint density at radius 1 is 0.885 bits per heavy atom. The maximum atomic E-state index is 9.17. The van der Waals surface area contributed by atoms with Crippen LogP contribution in [0.4, 0.5) is 0 Å². The van der Waals surface area contributed by atoms with E-state index in [-0.39, 0.29) is 0 Å². The fraction of sp³-hybridized carbons (Fsp3) is 0.440. The zero-order chi connectivity index (χ0) is 18.6. The molecule has 2 unspecified atom stereocenters. The van der Waals surface area contributed by atoms with Crippen molar-refractivity contribution >= 4 is 0 Å². The molecule has 1 nitrogen and oxygen atoms in total. The molecule has 2 rings (SSSR count). The second-order valence-corrected chi connectivity index (χ2v) is 7.31. The molecule has 1 heteroatoms. The van der Waals surface area contributed by atoms with Gasteiger partial charge in [-0.05, 0) is 62.0 Å². The standard InChI is InChI=1S/C25H34O/c1-3-21(2)17-18-25(23-14-8-5-9-15-23)20-24(16-10-11-19-26)22-12-6-4-7-13-22/h4-9,12-15,17,24-26H,3,10-11,16,18-20H2,1-2H3/b21-17+. The summed E-state index contributed by atoms with van der Waals surface area (Å²) in [7, 11) is 0. The SMILES string of the molecule is CC/C(C)=C/CC(CC(CCCCO)c1ccccc1)c1ccccc1. The third-order valence-corrected chi connectivity index (χ3v) is 5.38. The number of unbranched alkanes of at least 4 members (excludes halogenated alkanes) is 1. The quantitative estimate of drug-likeness (QED) is 0.347. The first kappa shape index (κ1) is 20.5. The summed E-state index contributed by atoms with van der Waals surface area (Å²) >= 11 is 0. The molecule has 0 saturated heterocycles. The lowest BCUT2D eigenvalue weighted by atomic mass is 9.80. The van der Waals surface area contributed by atoms with E-state index in [0.29, 0.717) is 18.4 Å². The van der Waals surface area contributed by atoms with E-state index in [4.69, 9.17) is 0 Å². The number of hydrogen-bond donors (Lipinski definition) is 1. The highest BCUT2D eigenvalue weighted by molar-refractivity contribution is 5.24. The number of benzene rings is 2. The van der Waals surface area contributed by atoms with E-state index in [1.165, 1.54) is 16.7 Å². The van der Waals surface area contributed by atoms with Crippen LogP contribution in [0.1, 0.15) is 75.3 Å². The molecule has 0 aliphatic rings. The van der Waals surface area contributed by atoms with E-state index in [0.717, 1.165) is 38.5 Å². The van der Waals surface area contributed by atoms with Crippen LogP contribution in [0.5, 0.6) is 0 Å². The number of rotatable bonds is 11. The van der Waals surface area contributed by atoms with Crippen molar-refractivity contribution in [2.45, 2.75) is 64.2 Å². The predicted octanol–water partition coefficient (Wildman–Crippen LogP) is 6.85. The first-order valence-electron chi connectivity index (χ1n) is 10.1. The third-order valence-electron chi connectivity index (χ3n) is 5.38. The summed E-state index contributed by atoms with van der Waals surface area (Å²) in [4.78, 5) is 0. The van der Waals surface area contributed by atoms with Crippen LogP contribution >= 0.6 is 0 Å². The lowest BCUT2D eigenvalue weighted by molar-refractivity contribution is 0.280. The van der Waals surface area contributed by atoms with Gasteiger partial charge in [-0.1, -0.05) is 85.7 Å². The molecule has 0 bridgehead atoms. The van der Waals surface area contributed by atoms with Crippen LogP contribution in [0.2, 0.25) is 0 Å². The predicted molar refractivity (Wildman–Crippen MR) is 113 cm³/mol. The molecule has 0 radical (unpaired) electrons. The van der Waals surface area contributed by atoms with E-state index in [1.54, 1.807) is 0 Å². The normalized spacial score (nSPS) is 14.2. The molecule has 0 saturated carbocycles. The van der Waals surface area contributed by atoms with Crippen molar-refractivity contribution < 1.29 is 5.11 Å². The van der Waals surface area contributed by atoms with Gasteiger partial charge in [-0.15, -0.1) is 0 Å². The van der Waals surface area contributed by atoms with Crippen LogP contribution in [0.3, 0.4) is 0 Å². The molecule has 0 fully saturated rings. The van der Waals surface area contributed by atoms with E-state index in [2.05, 4.69) is 80.6 Å². The van der Waals surface area contributed by atoms with Gasteiger partial charge in [0.15, 0.2) is 0 Å². The molecule has 1 N–H and O–H groups in total. The first-order chi connectivity index (χ1) is 12.7. The Balaban J connectivity index is 2.20. The largest absolute Gasteiger partial charge is 0.396 e. The molecular formula is C25H34O. The fourth-order valence-corrected chi connectivity index (χ4v) is 3.57. The van der Waals surface area contributed by atoms with Gasteiger partial charge in [-0.2, -0.15) is 0 Å². The van der Waals surface area contributed by atoms with Crippen molar-refractivity contribution in [2.24, 2.45) is 0 Å². The highest BCUT2D eigenvalue weighted by Gasteiger charge is 2.19. The number of allylic oxidation sites excluding steroid dienone is 2. The minimum absolute atomic E-state index is 0.294. The molecule has 2 aromatic rings. The number of aliphatic hydroxyl groups excluding tert-OH is 1. The van der Waals surface area contributed by atoms with Crippen molar-refractivity contribution in [1.82, 2.24) is 0 Å². The molecule has 0 aromatic heterocycles. The topological polar surface area (TPSA) is 20.2 Å². The second-order valence-electron chi connectivity index (χ2n) is 7.31. The van der Waals surface area contributed by atoms with Crippen LogP contribution in [0, 0.1) is 0 Å². The van der Waals surface area contributed by atoms with Gasteiger partial charge in [-0.25, -0.2) is 0 Å². The molecule has 2 aromatic carbocycles. The fourth-order valence-electron chi connectivity index (χ4n) is 3.57. The zero-order valence-electron chi connectivity index (χ0n) is 16.4. The summed E-state index contributed by atoms with van der Waals surface area (Å²) in [6.07, 6.45) is 8.94. The average molecular weight is 351 g/mol. The minimum atomic E-state index is 0.294. The molecule has 0 aliphatic carbocycles. The monoisotopic (exact) mass is 350 g/mol. The van der Waals surface area contributed by atoms with Crippen LogP contribution in [-0.4, -0.2) is 11.7 Å². The highest BCUT2D eigenvalue weighted by Crippen LogP contribution is 2.36. The Bertz CT molecular complexity index is 630. The molecule has 140 valence electrons. The Kier molecular flexibility index (Phi) is 9.20. The summed E-state index contributed by atoms with van der Waals surface area (Å²) in [5, 5.41) is 9.17. The summed E-state index contributed by atoms with van der Waals surface area (Å²) in [5.74, 6) is 1.08. The van der Waals surface area contributed by atoms with E-state index in [9.17, 15) is 5.11 Å². The van der Waals surface area contributed by atoms with Crippen molar-refractivity contribution in [2.75, 3.05) is 6.61 Å². The van der Waals surface area contributed by atoms with Crippen LogP contribution in [-0.2, 0) is 0 Å². The molecule has 26 heavy (non-hydrogen) atoms. The molecule has 0 spiro atoms.